The van der Waals surface area contributed by atoms with Crippen molar-refractivity contribution in [3.05, 3.63) is 29.3 Å². The number of amides is 3. The number of nitrogens with zero attached hydrogens (tertiary/aromatic N) is 2. The number of halogens is 1. The molecule has 3 amide bonds. The number of urea groups is 1. The first-order valence-corrected chi connectivity index (χ1v) is 10.2. The third-order valence-electron chi connectivity index (χ3n) is 5.56. The molecule has 0 radical (unpaired) electrons. The Labute approximate surface area is 172 Å². The van der Waals surface area contributed by atoms with Gasteiger partial charge in [0.15, 0.2) is 0 Å². The molecule has 1 N–H and O–H groups in total. The van der Waals surface area contributed by atoms with Gasteiger partial charge in [0.25, 0.3) is 5.91 Å². The molecule has 1 aromatic rings. The monoisotopic (exact) mass is 407 g/mol. The van der Waals surface area contributed by atoms with Gasteiger partial charge in [-0.2, -0.15) is 0 Å². The predicted octanol–water partition coefficient (Wildman–Crippen LogP) is 3.74. The highest BCUT2D eigenvalue weighted by molar-refractivity contribution is 6.30. The number of rotatable bonds is 6. The normalized spacial score (nSPS) is 26.8. The summed E-state index contributed by atoms with van der Waals surface area (Å²) < 4.78 is 5.70. The van der Waals surface area contributed by atoms with E-state index in [2.05, 4.69) is 26.1 Å². The molecule has 1 aliphatic heterocycles. The molecule has 7 heteroatoms. The molecule has 0 bridgehead atoms. The molecular weight excluding hydrogens is 378 g/mol. The van der Waals surface area contributed by atoms with Crippen LogP contribution < -0.4 is 10.1 Å². The smallest absolute Gasteiger partial charge is 0.326 e. The zero-order valence-corrected chi connectivity index (χ0v) is 17.9. The number of imide groups is 1. The van der Waals surface area contributed by atoms with Crippen LogP contribution in [0.3, 0.4) is 0 Å². The van der Waals surface area contributed by atoms with Crippen LogP contribution in [0.25, 0.3) is 0 Å². The lowest BCUT2D eigenvalue weighted by atomic mass is 9.64. The standard InChI is InChI=1S/C21H30ClN3O3/c1-15-11-20(2,3)13-21(12-15)18(26)25(19(27)23-21)14-24(4)9-10-28-17-7-5-16(22)6-8-17/h5-8,15H,9-14H2,1-4H3,(H,23,27). The van der Waals surface area contributed by atoms with Crippen LogP contribution in [0, 0.1) is 11.3 Å². The van der Waals surface area contributed by atoms with Crippen molar-refractivity contribution in [1.29, 1.82) is 0 Å². The molecule has 1 aliphatic carbocycles. The first kappa shape index (κ1) is 20.9. The topological polar surface area (TPSA) is 61.9 Å². The Hall–Kier alpha value is -1.79. The predicted molar refractivity (Wildman–Crippen MR) is 109 cm³/mol. The van der Waals surface area contributed by atoms with E-state index in [4.69, 9.17) is 16.3 Å². The first-order chi connectivity index (χ1) is 13.1. The Morgan fingerprint density at radius 3 is 2.57 bits per heavy atom. The number of hydrogen-bond acceptors (Lipinski definition) is 4. The third-order valence-corrected chi connectivity index (χ3v) is 5.81. The quantitative estimate of drug-likeness (QED) is 0.729. The van der Waals surface area contributed by atoms with E-state index in [1.54, 1.807) is 12.1 Å². The maximum atomic E-state index is 13.2. The number of ether oxygens (including phenoxy) is 1. The Morgan fingerprint density at radius 1 is 1.25 bits per heavy atom. The van der Waals surface area contributed by atoms with Crippen LogP contribution in [0.2, 0.25) is 5.02 Å². The fourth-order valence-electron chi connectivity index (χ4n) is 4.80. The Bertz CT molecular complexity index is 737. The second-order valence-corrected chi connectivity index (χ2v) is 9.56. The van der Waals surface area contributed by atoms with Gasteiger partial charge in [-0.1, -0.05) is 32.4 Å². The fourth-order valence-corrected chi connectivity index (χ4v) is 4.92. The number of carbonyl (C=O) groups is 2. The summed E-state index contributed by atoms with van der Waals surface area (Å²) in [4.78, 5) is 29.0. The fraction of sp³-hybridized carbons (Fsp3) is 0.619. The van der Waals surface area contributed by atoms with Gasteiger partial charge in [-0.15, -0.1) is 0 Å². The van der Waals surface area contributed by atoms with Crippen LogP contribution in [-0.4, -0.2) is 54.1 Å². The summed E-state index contributed by atoms with van der Waals surface area (Å²) in [5.41, 5.74) is -0.714. The lowest BCUT2D eigenvalue weighted by Crippen LogP contribution is -2.54. The third kappa shape index (κ3) is 4.61. The van der Waals surface area contributed by atoms with Crippen molar-refractivity contribution in [1.82, 2.24) is 15.1 Å². The summed E-state index contributed by atoms with van der Waals surface area (Å²) in [5, 5.41) is 3.68. The van der Waals surface area contributed by atoms with Crippen LogP contribution in [0.4, 0.5) is 4.79 Å². The van der Waals surface area contributed by atoms with E-state index in [9.17, 15) is 9.59 Å². The molecule has 3 rings (SSSR count). The van der Waals surface area contributed by atoms with Gasteiger partial charge in [0, 0.05) is 11.6 Å². The first-order valence-electron chi connectivity index (χ1n) is 9.81. The summed E-state index contributed by atoms with van der Waals surface area (Å²) in [6.45, 7) is 7.81. The van der Waals surface area contributed by atoms with E-state index in [1.807, 2.05) is 24.1 Å². The maximum Gasteiger partial charge on any atom is 0.326 e. The highest BCUT2D eigenvalue weighted by atomic mass is 35.5. The van der Waals surface area contributed by atoms with Crippen molar-refractivity contribution in [3.63, 3.8) is 0 Å². The van der Waals surface area contributed by atoms with Gasteiger partial charge in [-0.05, 0) is 61.9 Å². The molecular formula is C21H30ClN3O3. The molecule has 2 fully saturated rings. The van der Waals surface area contributed by atoms with Crippen molar-refractivity contribution < 1.29 is 14.3 Å². The van der Waals surface area contributed by atoms with Crippen LogP contribution >= 0.6 is 11.6 Å². The van der Waals surface area contributed by atoms with E-state index in [1.165, 1.54) is 4.90 Å². The molecule has 2 atom stereocenters. The highest BCUT2D eigenvalue weighted by Crippen LogP contribution is 2.46. The number of nitrogens with one attached hydrogen (secondary N) is 1. The minimum Gasteiger partial charge on any atom is -0.492 e. The van der Waals surface area contributed by atoms with Crippen molar-refractivity contribution in [2.24, 2.45) is 11.3 Å². The largest absolute Gasteiger partial charge is 0.492 e. The van der Waals surface area contributed by atoms with Crippen molar-refractivity contribution >= 4 is 23.5 Å². The van der Waals surface area contributed by atoms with Crippen molar-refractivity contribution in [3.8, 4) is 5.75 Å². The molecule has 154 valence electrons. The summed E-state index contributed by atoms with van der Waals surface area (Å²) >= 11 is 5.87. The second-order valence-electron chi connectivity index (χ2n) is 9.12. The van der Waals surface area contributed by atoms with Crippen molar-refractivity contribution in [2.45, 2.75) is 45.6 Å². The minimum atomic E-state index is -0.751. The van der Waals surface area contributed by atoms with Crippen LogP contribution in [0.15, 0.2) is 24.3 Å². The van der Waals surface area contributed by atoms with Crippen LogP contribution in [0.5, 0.6) is 5.75 Å². The van der Waals surface area contributed by atoms with E-state index >= 15 is 0 Å². The molecule has 1 aromatic carbocycles. The Kier molecular flexibility index (Phi) is 5.92. The van der Waals surface area contributed by atoms with E-state index < -0.39 is 5.54 Å². The summed E-state index contributed by atoms with van der Waals surface area (Å²) in [6.07, 6.45) is 2.47. The molecule has 2 aliphatic rings. The molecule has 1 saturated heterocycles. The van der Waals surface area contributed by atoms with Gasteiger partial charge in [-0.25, -0.2) is 9.69 Å². The van der Waals surface area contributed by atoms with Crippen LogP contribution in [0.1, 0.15) is 40.0 Å². The molecule has 2 unspecified atom stereocenters. The number of benzene rings is 1. The Balaban J connectivity index is 1.55. The average molecular weight is 408 g/mol. The molecule has 1 spiro atoms. The summed E-state index contributed by atoms with van der Waals surface area (Å²) in [5.74, 6) is 1.05. The molecule has 1 heterocycles. The van der Waals surface area contributed by atoms with E-state index in [0.29, 0.717) is 36.9 Å². The molecule has 0 aromatic heterocycles. The molecule has 1 saturated carbocycles. The zero-order valence-electron chi connectivity index (χ0n) is 17.1. The average Bonchev–Trinajstić information content (AvgIpc) is 2.78. The van der Waals surface area contributed by atoms with Gasteiger partial charge in [-0.3, -0.25) is 9.69 Å². The van der Waals surface area contributed by atoms with Crippen LogP contribution in [-0.2, 0) is 4.79 Å². The highest BCUT2D eigenvalue weighted by Gasteiger charge is 2.56. The molecule has 28 heavy (non-hydrogen) atoms. The zero-order chi connectivity index (χ0) is 20.5. The van der Waals surface area contributed by atoms with Crippen molar-refractivity contribution in [2.75, 3.05) is 26.9 Å². The van der Waals surface area contributed by atoms with Gasteiger partial charge >= 0.3 is 6.03 Å². The second kappa shape index (κ2) is 7.91. The number of likely N-dealkylation sites (N-methyl/N-ethyl adjacent to an activating group) is 1. The number of hydrogen-bond donors (Lipinski definition) is 1. The summed E-state index contributed by atoms with van der Waals surface area (Å²) in [6, 6.07) is 6.89. The lowest BCUT2D eigenvalue weighted by Gasteiger charge is -2.43. The van der Waals surface area contributed by atoms with Gasteiger partial charge in [0.05, 0.1) is 6.67 Å². The van der Waals surface area contributed by atoms with Gasteiger partial charge in [0.1, 0.15) is 17.9 Å². The SMILES string of the molecule is CC1CC(C)(C)CC2(C1)NC(=O)N(CN(C)CCOc1ccc(Cl)cc1)C2=O. The van der Waals surface area contributed by atoms with E-state index in [0.717, 1.165) is 12.2 Å². The Morgan fingerprint density at radius 2 is 1.93 bits per heavy atom. The van der Waals surface area contributed by atoms with E-state index in [-0.39, 0.29) is 24.0 Å². The van der Waals surface area contributed by atoms with Gasteiger partial charge < -0.3 is 10.1 Å². The van der Waals surface area contributed by atoms with Gasteiger partial charge in [0.2, 0.25) is 0 Å². The lowest BCUT2D eigenvalue weighted by molar-refractivity contribution is -0.136. The maximum absolute atomic E-state index is 13.2. The number of carbonyl (C=O) groups excluding carboxylic acids is 2. The minimum absolute atomic E-state index is 0.0366. The summed E-state index contributed by atoms with van der Waals surface area (Å²) in [7, 11) is 1.88. The molecule has 6 nitrogen and oxygen atoms in total.